The summed E-state index contributed by atoms with van der Waals surface area (Å²) < 4.78 is 18.5. The second kappa shape index (κ2) is 5.71. The molecule has 1 rings (SSSR count). The first-order chi connectivity index (χ1) is 7.20. The Balaban J connectivity index is 2.87. The summed E-state index contributed by atoms with van der Waals surface area (Å²) in [5, 5.41) is 0. The Morgan fingerprint density at radius 2 is 2.07 bits per heavy atom. The quantitative estimate of drug-likeness (QED) is 0.759. The highest BCUT2D eigenvalue weighted by molar-refractivity contribution is 5.40. The Morgan fingerprint density at radius 3 is 2.67 bits per heavy atom. The van der Waals surface area contributed by atoms with Crippen LogP contribution in [0.15, 0.2) is 12.1 Å². The van der Waals surface area contributed by atoms with E-state index in [9.17, 15) is 4.39 Å². The van der Waals surface area contributed by atoms with Crippen LogP contribution in [0.5, 0.6) is 5.75 Å². The number of rotatable bonds is 5. The minimum absolute atomic E-state index is 0.286. The monoisotopic (exact) mass is 211 g/mol. The van der Waals surface area contributed by atoms with E-state index >= 15 is 0 Å². The van der Waals surface area contributed by atoms with Crippen molar-refractivity contribution in [1.82, 2.24) is 0 Å². The molecule has 0 radical (unpaired) electrons. The van der Waals surface area contributed by atoms with E-state index in [4.69, 9.17) is 10.5 Å². The number of halogens is 1. The summed E-state index contributed by atoms with van der Waals surface area (Å²) in [6.07, 6.45) is 2.75. The van der Waals surface area contributed by atoms with Crippen molar-refractivity contribution in [3.05, 3.63) is 29.1 Å². The number of unbranched alkanes of at least 4 members (excludes halogenated alkanes) is 1. The second-order valence-electron chi connectivity index (χ2n) is 3.62. The molecule has 1 aromatic rings. The van der Waals surface area contributed by atoms with Gasteiger partial charge in [-0.1, -0.05) is 6.07 Å². The van der Waals surface area contributed by atoms with Crippen LogP contribution in [0.25, 0.3) is 0 Å². The van der Waals surface area contributed by atoms with Crippen molar-refractivity contribution in [3.8, 4) is 5.75 Å². The highest BCUT2D eigenvalue weighted by atomic mass is 19.1. The van der Waals surface area contributed by atoms with E-state index in [0.29, 0.717) is 12.3 Å². The lowest BCUT2D eigenvalue weighted by Gasteiger charge is -2.12. The Kier molecular flexibility index (Phi) is 4.56. The van der Waals surface area contributed by atoms with Gasteiger partial charge >= 0.3 is 0 Å². The van der Waals surface area contributed by atoms with Gasteiger partial charge < -0.3 is 10.5 Å². The highest BCUT2D eigenvalue weighted by Crippen LogP contribution is 2.27. The van der Waals surface area contributed by atoms with Gasteiger partial charge in [-0.25, -0.2) is 4.39 Å². The number of hydrogen-bond donors (Lipinski definition) is 1. The molecule has 2 N–H and O–H groups in total. The molecule has 0 amide bonds. The molecule has 15 heavy (non-hydrogen) atoms. The maximum atomic E-state index is 13.4. The zero-order valence-electron chi connectivity index (χ0n) is 9.35. The van der Waals surface area contributed by atoms with Gasteiger partial charge in [-0.05, 0) is 44.4 Å². The summed E-state index contributed by atoms with van der Waals surface area (Å²) in [6.45, 7) is 2.65. The minimum Gasteiger partial charge on any atom is -0.493 e. The molecular weight excluding hydrogens is 193 g/mol. The maximum absolute atomic E-state index is 13.4. The van der Waals surface area contributed by atoms with Crippen molar-refractivity contribution in [3.63, 3.8) is 0 Å². The molecule has 0 bridgehead atoms. The van der Waals surface area contributed by atoms with Gasteiger partial charge in [0, 0.05) is 5.56 Å². The highest BCUT2D eigenvalue weighted by Gasteiger charge is 2.11. The Hall–Kier alpha value is -1.09. The van der Waals surface area contributed by atoms with Crippen LogP contribution in [-0.4, -0.2) is 13.7 Å². The topological polar surface area (TPSA) is 35.2 Å². The lowest BCUT2D eigenvalue weighted by molar-refractivity contribution is 0.380. The molecule has 1 aromatic carbocycles. The summed E-state index contributed by atoms with van der Waals surface area (Å²) in [4.78, 5) is 0. The summed E-state index contributed by atoms with van der Waals surface area (Å²) >= 11 is 0. The van der Waals surface area contributed by atoms with Gasteiger partial charge in [0.2, 0.25) is 0 Å². The van der Waals surface area contributed by atoms with Crippen molar-refractivity contribution in [2.45, 2.75) is 26.2 Å². The molecule has 0 unspecified atom stereocenters. The summed E-state index contributed by atoms with van der Waals surface area (Å²) in [5.74, 6) is 0.0952. The van der Waals surface area contributed by atoms with Crippen molar-refractivity contribution in [2.75, 3.05) is 13.7 Å². The Labute approximate surface area is 90.2 Å². The molecule has 0 heterocycles. The van der Waals surface area contributed by atoms with E-state index in [0.717, 1.165) is 30.4 Å². The first-order valence-corrected chi connectivity index (χ1v) is 5.22. The Morgan fingerprint density at radius 1 is 1.33 bits per heavy atom. The van der Waals surface area contributed by atoms with E-state index in [1.165, 1.54) is 13.2 Å². The van der Waals surface area contributed by atoms with E-state index in [1.54, 1.807) is 6.07 Å². The van der Waals surface area contributed by atoms with E-state index in [-0.39, 0.29) is 5.82 Å². The first-order valence-electron chi connectivity index (χ1n) is 5.22. The van der Waals surface area contributed by atoms with Crippen LogP contribution in [0.4, 0.5) is 4.39 Å². The number of benzene rings is 1. The minimum atomic E-state index is -0.286. The molecular formula is C12H18FNO. The molecule has 0 aromatic heterocycles. The van der Waals surface area contributed by atoms with Crippen molar-refractivity contribution in [1.29, 1.82) is 0 Å². The molecule has 0 spiro atoms. The van der Waals surface area contributed by atoms with Crippen LogP contribution in [0.3, 0.4) is 0 Å². The number of methoxy groups -OCH3 is 1. The van der Waals surface area contributed by atoms with Gasteiger partial charge in [-0.2, -0.15) is 0 Å². The molecule has 0 aliphatic heterocycles. The van der Waals surface area contributed by atoms with Crippen molar-refractivity contribution < 1.29 is 9.13 Å². The number of ether oxygens (including phenoxy) is 1. The number of hydrogen-bond acceptors (Lipinski definition) is 2. The average Bonchev–Trinajstić information content (AvgIpc) is 2.23. The van der Waals surface area contributed by atoms with Crippen molar-refractivity contribution in [2.24, 2.45) is 5.73 Å². The summed E-state index contributed by atoms with van der Waals surface area (Å²) in [7, 11) is 1.50. The summed E-state index contributed by atoms with van der Waals surface area (Å²) in [5.41, 5.74) is 7.46. The van der Waals surface area contributed by atoms with Crippen LogP contribution >= 0.6 is 0 Å². The maximum Gasteiger partial charge on any atom is 0.165 e. The van der Waals surface area contributed by atoms with Gasteiger partial charge in [0.05, 0.1) is 7.11 Å². The predicted octanol–water partition coefficient (Wildman–Crippen LogP) is 2.42. The third kappa shape index (κ3) is 2.93. The van der Waals surface area contributed by atoms with E-state index in [1.807, 2.05) is 6.92 Å². The average molecular weight is 211 g/mol. The molecule has 0 aliphatic rings. The van der Waals surface area contributed by atoms with Gasteiger partial charge in [0.15, 0.2) is 11.6 Å². The fourth-order valence-corrected chi connectivity index (χ4v) is 1.68. The van der Waals surface area contributed by atoms with Gasteiger partial charge in [-0.3, -0.25) is 0 Å². The van der Waals surface area contributed by atoms with Gasteiger partial charge in [0.1, 0.15) is 0 Å². The fraction of sp³-hybridized carbons (Fsp3) is 0.500. The molecule has 3 heteroatoms. The largest absolute Gasteiger partial charge is 0.493 e. The van der Waals surface area contributed by atoms with Crippen LogP contribution in [-0.2, 0) is 6.42 Å². The fourth-order valence-electron chi connectivity index (χ4n) is 1.68. The normalized spacial score (nSPS) is 10.4. The zero-order chi connectivity index (χ0) is 11.3. The molecule has 0 atom stereocenters. The molecule has 0 fully saturated rings. The van der Waals surface area contributed by atoms with Crippen molar-refractivity contribution >= 4 is 0 Å². The molecule has 2 nitrogen and oxygen atoms in total. The third-order valence-electron chi connectivity index (χ3n) is 2.53. The molecule has 0 aliphatic carbocycles. The van der Waals surface area contributed by atoms with Crippen LogP contribution in [0.1, 0.15) is 24.0 Å². The smallest absolute Gasteiger partial charge is 0.165 e. The van der Waals surface area contributed by atoms with Gasteiger partial charge in [-0.15, -0.1) is 0 Å². The lowest BCUT2D eigenvalue weighted by Crippen LogP contribution is -2.02. The summed E-state index contributed by atoms with van der Waals surface area (Å²) in [6, 6.07) is 3.23. The van der Waals surface area contributed by atoms with Gasteiger partial charge in [0.25, 0.3) is 0 Å². The molecule has 0 saturated heterocycles. The Bertz CT molecular complexity index is 326. The van der Waals surface area contributed by atoms with E-state index < -0.39 is 0 Å². The number of nitrogens with two attached hydrogens (primary N) is 1. The standard InChI is InChI=1S/C12H18FNO/c1-9-6-7-11(13)12(15-2)10(9)5-3-4-8-14/h6-7H,3-5,8,14H2,1-2H3. The molecule has 84 valence electrons. The lowest BCUT2D eigenvalue weighted by atomic mass is 10.0. The molecule has 0 saturated carbocycles. The number of aryl methyl sites for hydroxylation is 1. The van der Waals surface area contributed by atoms with E-state index in [2.05, 4.69) is 0 Å². The SMILES string of the molecule is COc1c(F)ccc(C)c1CCCCN. The predicted molar refractivity (Wildman–Crippen MR) is 59.7 cm³/mol. The van der Waals surface area contributed by atoms with Crippen LogP contribution < -0.4 is 10.5 Å². The second-order valence-corrected chi connectivity index (χ2v) is 3.62. The first kappa shape index (κ1) is 12.0. The van der Waals surface area contributed by atoms with Crippen LogP contribution in [0, 0.1) is 12.7 Å². The third-order valence-corrected chi connectivity index (χ3v) is 2.53. The zero-order valence-corrected chi connectivity index (χ0v) is 9.35. The van der Waals surface area contributed by atoms with Crippen LogP contribution in [0.2, 0.25) is 0 Å².